The molecule has 7 heteroatoms. The number of nitrogens with zero attached hydrogens (tertiary/aromatic N) is 4. The monoisotopic (exact) mass is 296 g/mol. The Bertz CT molecular complexity index is 588. The Kier molecular flexibility index (Phi) is 4.78. The Balaban J connectivity index is 2.03. The summed E-state index contributed by atoms with van der Waals surface area (Å²) in [5.41, 5.74) is 0. The van der Waals surface area contributed by atoms with E-state index in [1.165, 1.54) is 0 Å². The summed E-state index contributed by atoms with van der Waals surface area (Å²) in [4.78, 5) is 4.17. The molecule has 0 amide bonds. The van der Waals surface area contributed by atoms with E-state index >= 15 is 0 Å². The Morgan fingerprint density at radius 2 is 2.35 bits per heavy atom. The fourth-order valence-corrected chi connectivity index (χ4v) is 4.41. The number of aromatic nitrogens is 2. The van der Waals surface area contributed by atoms with E-state index in [-0.39, 0.29) is 11.8 Å². The smallest absolute Gasteiger partial charge is 0.214 e. The van der Waals surface area contributed by atoms with Gasteiger partial charge in [0.05, 0.1) is 11.8 Å². The van der Waals surface area contributed by atoms with Crippen LogP contribution in [0.5, 0.6) is 0 Å². The maximum Gasteiger partial charge on any atom is 0.214 e. The first-order valence-electron chi connectivity index (χ1n) is 6.89. The van der Waals surface area contributed by atoms with Crippen LogP contribution in [-0.2, 0) is 16.6 Å². The van der Waals surface area contributed by atoms with Gasteiger partial charge in [-0.25, -0.2) is 13.4 Å². The van der Waals surface area contributed by atoms with E-state index in [4.69, 9.17) is 5.26 Å². The SMILES string of the molecule is Cc1nccn1C[C@@H]1CCCN1S(=O)(=O)CCCC#N. The molecule has 0 bridgehead atoms. The molecular weight excluding hydrogens is 276 g/mol. The summed E-state index contributed by atoms with van der Waals surface area (Å²) in [6.07, 6.45) is 6.10. The predicted octanol–water partition coefficient (Wildman–Crippen LogP) is 1.29. The van der Waals surface area contributed by atoms with Crippen LogP contribution in [0.15, 0.2) is 12.4 Å². The summed E-state index contributed by atoms with van der Waals surface area (Å²) in [5.74, 6) is 0.971. The molecule has 20 heavy (non-hydrogen) atoms. The summed E-state index contributed by atoms with van der Waals surface area (Å²) in [6, 6.07) is 2.00. The molecule has 0 spiro atoms. The number of imidazole rings is 1. The lowest BCUT2D eigenvalue weighted by Crippen LogP contribution is -2.39. The molecule has 0 unspecified atom stereocenters. The highest BCUT2D eigenvalue weighted by Crippen LogP contribution is 2.23. The molecule has 1 aromatic rings. The standard InChI is InChI=1S/C13H20N4O2S/c1-12-15-7-9-16(12)11-13-5-4-8-17(13)20(18,19)10-3-2-6-14/h7,9,13H,2-5,8,10-11H2,1H3/t13-/m0/s1. The first-order valence-corrected chi connectivity index (χ1v) is 8.50. The number of unbranched alkanes of at least 4 members (excludes halogenated alkanes) is 1. The Hall–Kier alpha value is -1.39. The average molecular weight is 296 g/mol. The first kappa shape index (κ1) is 15.0. The molecule has 110 valence electrons. The van der Waals surface area contributed by atoms with Crippen LogP contribution in [0.2, 0.25) is 0 Å². The molecule has 1 aliphatic heterocycles. The second kappa shape index (κ2) is 6.37. The Labute approximate surface area is 120 Å². The third-order valence-electron chi connectivity index (χ3n) is 3.70. The van der Waals surface area contributed by atoms with E-state index < -0.39 is 10.0 Å². The topological polar surface area (TPSA) is 79.0 Å². The minimum atomic E-state index is -3.25. The van der Waals surface area contributed by atoms with Gasteiger partial charge in [0, 0.05) is 37.9 Å². The Morgan fingerprint density at radius 1 is 1.55 bits per heavy atom. The van der Waals surface area contributed by atoms with Gasteiger partial charge in [-0.05, 0) is 26.2 Å². The van der Waals surface area contributed by atoms with E-state index in [1.807, 2.05) is 23.8 Å². The van der Waals surface area contributed by atoms with Gasteiger partial charge >= 0.3 is 0 Å². The minimum Gasteiger partial charge on any atom is -0.334 e. The van der Waals surface area contributed by atoms with Crippen LogP contribution >= 0.6 is 0 Å². The highest BCUT2D eigenvalue weighted by atomic mass is 32.2. The van der Waals surface area contributed by atoms with Gasteiger partial charge < -0.3 is 4.57 Å². The van der Waals surface area contributed by atoms with Gasteiger partial charge in [-0.2, -0.15) is 9.57 Å². The van der Waals surface area contributed by atoms with Gasteiger partial charge in [0.2, 0.25) is 10.0 Å². The lowest BCUT2D eigenvalue weighted by molar-refractivity contribution is 0.349. The second-order valence-electron chi connectivity index (χ2n) is 5.11. The normalized spacial score (nSPS) is 20.1. The van der Waals surface area contributed by atoms with Crippen LogP contribution in [0.1, 0.15) is 31.5 Å². The maximum absolute atomic E-state index is 12.3. The molecule has 0 aliphatic carbocycles. The van der Waals surface area contributed by atoms with Crippen LogP contribution in [0.3, 0.4) is 0 Å². The van der Waals surface area contributed by atoms with Crippen molar-refractivity contribution in [2.45, 2.75) is 45.2 Å². The van der Waals surface area contributed by atoms with Gasteiger partial charge in [-0.15, -0.1) is 0 Å². The quantitative estimate of drug-likeness (QED) is 0.741. The average Bonchev–Trinajstić information content (AvgIpc) is 3.01. The third kappa shape index (κ3) is 3.38. The zero-order valence-corrected chi connectivity index (χ0v) is 12.5. The molecule has 2 rings (SSSR count). The van der Waals surface area contributed by atoms with Crippen molar-refractivity contribution < 1.29 is 8.42 Å². The molecule has 0 radical (unpaired) electrons. The third-order valence-corrected chi connectivity index (χ3v) is 5.70. The number of sulfonamides is 1. The fraction of sp³-hybridized carbons (Fsp3) is 0.692. The summed E-state index contributed by atoms with van der Waals surface area (Å²) in [6.45, 7) is 3.16. The van der Waals surface area contributed by atoms with Gasteiger partial charge in [-0.3, -0.25) is 0 Å². The number of rotatable bonds is 6. The van der Waals surface area contributed by atoms with E-state index in [9.17, 15) is 8.42 Å². The minimum absolute atomic E-state index is 0.00925. The summed E-state index contributed by atoms with van der Waals surface area (Å²) in [7, 11) is -3.25. The molecule has 0 saturated carbocycles. The van der Waals surface area contributed by atoms with Crippen molar-refractivity contribution in [1.29, 1.82) is 5.26 Å². The molecule has 1 atom stereocenters. The Morgan fingerprint density at radius 3 is 3.00 bits per heavy atom. The van der Waals surface area contributed by atoms with Gasteiger partial charge in [0.25, 0.3) is 0 Å². The molecule has 1 saturated heterocycles. The second-order valence-corrected chi connectivity index (χ2v) is 7.15. The van der Waals surface area contributed by atoms with Crippen molar-refractivity contribution in [2.75, 3.05) is 12.3 Å². The van der Waals surface area contributed by atoms with Crippen LogP contribution < -0.4 is 0 Å². The number of hydrogen-bond acceptors (Lipinski definition) is 4. The van der Waals surface area contributed by atoms with Crippen LogP contribution in [0, 0.1) is 18.3 Å². The molecule has 1 fully saturated rings. The van der Waals surface area contributed by atoms with Crippen molar-refractivity contribution in [2.24, 2.45) is 0 Å². The van der Waals surface area contributed by atoms with E-state index in [1.54, 1.807) is 10.5 Å². The maximum atomic E-state index is 12.3. The van der Waals surface area contributed by atoms with Gasteiger partial charge in [0.1, 0.15) is 5.82 Å². The molecule has 1 aliphatic rings. The van der Waals surface area contributed by atoms with E-state index in [2.05, 4.69) is 4.98 Å². The summed E-state index contributed by atoms with van der Waals surface area (Å²) in [5, 5.41) is 8.51. The number of aryl methyl sites for hydroxylation is 1. The lowest BCUT2D eigenvalue weighted by Gasteiger charge is -2.24. The first-order chi connectivity index (χ1) is 9.54. The van der Waals surface area contributed by atoms with Crippen LogP contribution in [0.4, 0.5) is 0 Å². The van der Waals surface area contributed by atoms with Crippen molar-refractivity contribution in [3.63, 3.8) is 0 Å². The van der Waals surface area contributed by atoms with Crippen molar-refractivity contribution in [3.8, 4) is 6.07 Å². The highest BCUT2D eigenvalue weighted by Gasteiger charge is 2.33. The fourth-order valence-electron chi connectivity index (χ4n) is 2.63. The van der Waals surface area contributed by atoms with Gasteiger partial charge in [0.15, 0.2) is 0 Å². The largest absolute Gasteiger partial charge is 0.334 e. The number of hydrogen-bond donors (Lipinski definition) is 0. The molecule has 2 heterocycles. The zero-order valence-electron chi connectivity index (χ0n) is 11.7. The van der Waals surface area contributed by atoms with Crippen molar-refractivity contribution in [1.82, 2.24) is 13.9 Å². The summed E-state index contributed by atoms with van der Waals surface area (Å²) >= 11 is 0. The van der Waals surface area contributed by atoms with Gasteiger partial charge in [-0.1, -0.05) is 0 Å². The predicted molar refractivity (Wildman–Crippen MR) is 75.3 cm³/mol. The molecule has 0 aromatic carbocycles. The van der Waals surface area contributed by atoms with E-state index in [0.717, 1.165) is 18.7 Å². The molecule has 0 N–H and O–H groups in total. The van der Waals surface area contributed by atoms with Crippen molar-refractivity contribution >= 4 is 10.0 Å². The van der Waals surface area contributed by atoms with Crippen LogP contribution in [0.25, 0.3) is 0 Å². The molecule has 1 aromatic heterocycles. The highest BCUT2D eigenvalue weighted by molar-refractivity contribution is 7.89. The van der Waals surface area contributed by atoms with E-state index in [0.29, 0.717) is 25.9 Å². The lowest BCUT2D eigenvalue weighted by atomic mass is 10.2. The number of nitriles is 1. The van der Waals surface area contributed by atoms with Crippen LogP contribution in [-0.4, -0.2) is 40.6 Å². The van der Waals surface area contributed by atoms with Crippen molar-refractivity contribution in [3.05, 3.63) is 18.2 Å². The molecular formula is C13H20N4O2S. The molecule has 6 nitrogen and oxygen atoms in total. The summed E-state index contributed by atoms with van der Waals surface area (Å²) < 4.78 is 28.3. The zero-order chi connectivity index (χ0) is 14.6.